The van der Waals surface area contributed by atoms with Gasteiger partial charge in [-0.15, -0.1) is 0 Å². The molecule has 94 valence electrons. The number of nitrogens with one attached hydrogen (secondary N) is 1. The van der Waals surface area contributed by atoms with Gasteiger partial charge in [0.2, 0.25) is 11.8 Å². The number of hydrogen-bond acceptors (Lipinski definition) is 2. The zero-order valence-corrected chi connectivity index (χ0v) is 10.3. The first kappa shape index (κ1) is 11.3. The molecule has 1 fully saturated rings. The Morgan fingerprint density at radius 3 is 2.39 bits per heavy atom. The third kappa shape index (κ3) is 1.68. The maximum atomic E-state index is 12.0. The largest absolute Gasteiger partial charge is 0.345 e. The number of piperazine rings is 1. The van der Waals surface area contributed by atoms with Crippen molar-refractivity contribution in [3.05, 3.63) is 35.4 Å². The quantitative estimate of drug-likeness (QED) is 0.782. The van der Waals surface area contributed by atoms with E-state index in [1.54, 1.807) is 11.8 Å². The molecule has 0 aromatic heterocycles. The van der Waals surface area contributed by atoms with Crippen molar-refractivity contribution in [2.75, 3.05) is 6.54 Å². The minimum atomic E-state index is -0.356. The summed E-state index contributed by atoms with van der Waals surface area (Å²) in [7, 11) is 0. The molecule has 1 aliphatic heterocycles. The second-order valence-corrected chi connectivity index (χ2v) is 5.03. The Morgan fingerprint density at radius 1 is 1.17 bits per heavy atom. The van der Waals surface area contributed by atoms with E-state index >= 15 is 0 Å². The van der Waals surface area contributed by atoms with Crippen molar-refractivity contribution in [1.82, 2.24) is 10.2 Å². The van der Waals surface area contributed by atoms with Crippen LogP contribution < -0.4 is 5.32 Å². The highest BCUT2D eigenvalue weighted by Gasteiger charge is 2.38. The summed E-state index contributed by atoms with van der Waals surface area (Å²) in [5.41, 5.74) is 2.60. The molecule has 18 heavy (non-hydrogen) atoms. The van der Waals surface area contributed by atoms with Gasteiger partial charge in [0.1, 0.15) is 6.04 Å². The van der Waals surface area contributed by atoms with Crippen LogP contribution in [0.3, 0.4) is 0 Å². The van der Waals surface area contributed by atoms with Gasteiger partial charge in [0.05, 0.1) is 6.54 Å². The Hall–Kier alpha value is -1.84. The number of amides is 2. The first-order chi connectivity index (χ1) is 8.66. The Kier molecular flexibility index (Phi) is 2.58. The Bertz CT molecular complexity index is 487. The van der Waals surface area contributed by atoms with E-state index in [1.807, 2.05) is 12.1 Å². The summed E-state index contributed by atoms with van der Waals surface area (Å²) < 4.78 is 0. The van der Waals surface area contributed by atoms with Crippen molar-refractivity contribution in [3.8, 4) is 0 Å². The number of fused-ring (bicyclic) bond motifs is 1. The van der Waals surface area contributed by atoms with E-state index in [-0.39, 0.29) is 30.4 Å². The van der Waals surface area contributed by atoms with Crippen LogP contribution in [0.1, 0.15) is 18.1 Å². The third-order valence-corrected chi connectivity index (χ3v) is 3.92. The van der Waals surface area contributed by atoms with Gasteiger partial charge in [0, 0.05) is 6.04 Å². The van der Waals surface area contributed by atoms with Gasteiger partial charge in [-0.1, -0.05) is 24.3 Å². The van der Waals surface area contributed by atoms with Gasteiger partial charge in [0.15, 0.2) is 0 Å². The average molecular weight is 244 g/mol. The molecule has 1 aromatic carbocycles. The number of carbonyl (C=O) groups excluding carboxylic acids is 2. The van der Waals surface area contributed by atoms with Gasteiger partial charge in [-0.05, 0) is 30.9 Å². The fraction of sp³-hybridized carbons (Fsp3) is 0.429. The van der Waals surface area contributed by atoms with Crippen LogP contribution >= 0.6 is 0 Å². The minimum absolute atomic E-state index is 0.0277. The molecule has 1 N–H and O–H groups in total. The molecule has 4 nitrogen and oxygen atoms in total. The van der Waals surface area contributed by atoms with Crippen LogP contribution in [0.2, 0.25) is 0 Å². The van der Waals surface area contributed by atoms with Crippen molar-refractivity contribution in [3.63, 3.8) is 0 Å². The molecule has 2 aliphatic rings. The van der Waals surface area contributed by atoms with Gasteiger partial charge >= 0.3 is 0 Å². The highest BCUT2D eigenvalue weighted by Crippen LogP contribution is 2.27. The number of hydrogen-bond donors (Lipinski definition) is 1. The van der Waals surface area contributed by atoms with Gasteiger partial charge in [-0.3, -0.25) is 9.59 Å². The van der Waals surface area contributed by atoms with Crippen molar-refractivity contribution in [2.24, 2.45) is 0 Å². The van der Waals surface area contributed by atoms with Crippen molar-refractivity contribution < 1.29 is 9.59 Å². The Morgan fingerprint density at radius 2 is 1.78 bits per heavy atom. The second kappa shape index (κ2) is 4.12. The molecule has 0 bridgehead atoms. The predicted molar refractivity (Wildman–Crippen MR) is 67.0 cm³/mol. The van der Waals surface area contributed by atoms with E-state index in [0.717, 1.165) is 12.8 Å². The molecule has 1 aromatic rings. The van der Waals surface area contributed by atoms with Crippen molar-refractivity contribution >= 4 is 11.8 Å². The molecule has 1 heterocycles. The highest BCUT2D eigenvalue weighted by atomic mass is 16.2. The summed E-state index contributed by atoms with van der Waals surface area (Å²) in [6.45, 7) is 1.94. The molecule has 2 amide bonds. The monoisotopic (exact) mass is 244 g/mol. The lowest BCUT2D eigenvalue weighted by molar-refractivity contribution is -0.147. The van der Waals surface area contributed by atoms with Gasteiger partial charge in [-0.25, -0.2) is 0 Å². The van der Waals surface area contributed by atoms with Gasteiger partial charge in [0.25, 0.3) is 0 Å². The summed E-state index contributed by atoms with van der Waals surface area (Å²) in [6, 6.07) is 8.04. The highest BCUT2D eigenvalue weighted by molar-refractivity contribution is 5.94. The van der Waals surface area contributed by atoms with Crippen LogP contribution in [-0.4, -0.2) is 35.3 Å². The van der Waals surface area contributed by atoms with E-state index in [2.05, 4.69) is 17.4 Å². The Balaban J connectivity index is 1.84. The molecule has 4 heteroatoms. The SMILES string of the molecule is CC1C(=O)NCC(=O)N1C1Cc2ccccc2C1. The van der Waals surface area contributed by atoms with E-state index in [1.165, 1.54) is 11.1 Å². The molecule has 0 spiro atoms. The molecular weight excluding hydrogens is 228 g/mol. The normalized spacial score (nSPS) is 24.1. The first-order valence-corrected chi connectivity index (χ1v) is 6.32. The average Bonchev–Trinajstić information content (AvgIpc) is 2.77. The van der Waals surface area contributed by atoms with Crippen LogP contribution in [0, 0.1) is 0 Å². The number of nitrogens with zero attached hydrogens (tertiary/aromatic N) is 1. The molecule has 1 unspecified atom stereocenters. The van der Waals surface area contributed by atoms with E-state index in [4.69, 9.17) is 0 Å². The molecule has 1 atom stereocenters. The van der Waals surface area contributed by atoms with E-state index < -0.39 is 0 Å². The van der Waals surface area contributed by atoms with Crippen LogP contribution in [0.5, 0.6) is 0 Å². The molecule has 3 rings (SSSR count). The van der Waals surface area contributed by atoms with Crippen LogP contribution in [0.4, 0.5) is 0 Å². The summed E-state index contributed by atoms with van der Waals surface area (Å²) in [5, 5.41) is 2.63. The maximum absolute atomic E-state index is 12.0. The third-order valence-electron chi connectivity index (χ3n) is 3.92. The first-order valence-electron chi connectivity index (χ1n) is 6.32. The zero-order valence-electron chi connectivity index (χ0n) is 10.3. The van der Waals surface area contributed by atoms with Crippen LogP contribution in [0.15, 0.2) is 24.3 Å². The molecular formula is C14H16N2O2. The summed E-state index contributed by atoms with van der Waals surface area (Å²) >= 11 is 0. The zero-order chi connectivity index (χ0) is 12.7. The minimum Gasteiger partial charge on any atom is -0.345 e. The topological polar surface area (TPSA) is 49.4 Å². The number of benzene rings is 1. The second-order valence-electron chi connectivity index (χ2n) is 5.03. The standard InChI is InChI=1S/C14H16N2O2/c1-9-14(18)15-8-13(17)16(9)12-6-10-4-2-3-5-11(10)7-12/h2-5,9,12H,6-8H2,1H3,(H,15,18). The van der Waals surface area contributed by atoms with Crippen molar-refractivity contribution in [1.29, 1.82) is 0 Å². The molecule has 1 aliphatic carbocycles. The van der Waals surface area contributed by atoms with Crippen LogP contribution in [0.25, 0.3) is 0 Å². The van der Waals surface area contributed by atoms with E-state index in [0.29, 0.717) is 0 Å². The number of carbonyl (C=O) groups is 2. The maximum Gasteiger partial charge on any atom is 0.242 e. The summed E-state index contributed by atoms with van der Waals surface area (Å²) in [5.74, 6) is -0.0227. The van der Waals surface area contributed by atoms with Gasteiger partial charge < -0.3 is 10.2 Å². The van der Waals surface area contributed by atoms with E-state index in [9.17, 15) is 9.59 Å². The van der Waals surface area contributed by atoms with Gasteiger partial charge in [-0.2, -0.15) is 0 Å². The molecule has 0 radical (unpaired) electrons. The van der Waals surface area contributed by atoms with Crippen molar-refractivity contribution in [2.45, 2.75) is 31.8 Å². The predicted octanol–water partition coefficient (Wildman–Crippen LogP) is 0.501. The lowest BCUT2D eigenvalue weighted by Crippen LogP contribution is -2.60. The summed E-state index contributed by atoms with van der Waals surface area (Å²) in [4.78, 5) is 25.4. The molecule has 0 saturated carbocycles. The summed E-state index contributed by atoms with van der Waals surface area (Å²) in [6.07, 6.45) is 1.72. The lowest BCUT2D eigenvalue weighted by atomic mass is 10.1. The fourth-order valence-electron chi connectivity index (χ4n) is 3.00. The Labute approximate surface area is 106 Å². The smallest absolute Gasteiger partial charge is 0.242 e. The lowest BCUT2D eigenvalue weighted by Gasteiger charge is -2.37. The fourth-order valence-corrected chi connectivity index (χ4v) is 3.00. The van der Waals surface area contributed by atoms with Crippen LogP contribution in [-0.2, 0) is 22.4 Å². The number of rotatable bonds is 1. The molecule has 1 saturated heterocycles.